The Labute approximate surface area is 222 Å². The summed E-state index contributed by atoms with van der Waals surface area (Å²) in [5.74, 6) is 0.950. The number of rotatable bonds is 10. The van der Waals surface area contributed by atoms with Gasteiger partial charge in [0.05, 0.1) is 6.61 Å². The third kappa shape index (κ3) is 7.40. The maximum atomic E-state index is 14.1. The van der Waals surface area contributed by atoms with Crippen LogP contribution in [0.2, 0.25) is 5.02 Å². The van der Waals surface area contributed by atoms with E-state index >= 15 is 0 Å². The minimum absolute atomic E-state index is 0.182. The van der Waals surface area contributed by atoms with E-state index in [-0.39, 0.29) is 12.5 Å². The molecule has 0 aliphatic carbocycles. The summed E-state index contributed by atoms with van der Waals surface area (Å²) >= 11 is 6.15. The van der Waals surface area contributed by atoms with Crippen molar-refractivity contribution in [1.29, 1.82) is 0 Å². The molecule has 2 amide bonds. The topological polar surface area (TPSA) is 77.1 Å². The van der Waals surface area contributed by atoms with Crippen LogP contribution in [0.5, 0.6) is 17.2 Å². The van der Waals surface area contributed by atoms with Crippen molar-refractivity contribution < 1.29 is 23.8 Å². The Morgan fingerprint density at radius 3 is 2.43 bits per heavy atom. The molecule has 1 fully saturated rings. The fourth-order valence-corrected chi connectivity index (χ4v) is 4.34. The smallest absolute Gasteiger partial charge is 0.321 e. The molecule has 1 N–H and O–H groups in total. The standard InChI is InChI=1S/C29H31ClN2O5/c1-2-35-23-16-14-21(15-17-23)20-32(26-13-6-7-18-31-27(26)33)28(34)29(36-24-10-4-3-5-11-24)37-25-12-8-9-22(30)19-25/h3-5,8-12,14-17,19,26,29H,2,6-7,13,18,20H2,1H3,(H,31,33). The van der Waals surface area contributed by atoms with E-state index in [0.29, 0.717) is 36.1 Å². The van der Waals surface area contributed by atoms with Crippen LogP contribution in [0.25, 0.3) is 0 Å². The second-order valence-electron chi connectivity index (χ2n) is 8.68. The zero-order valence-electron chi connectivity index (χ0n) is 20.8. The molecule has 0 bridgehead atoms. The van der Waals surface area contributed by atoms with Crippen LogP contribution in [0.1, 0.15) is 31.7 Å². The van der Waals surface area contributed by atoms with E-state index in [1.165, 1.54) is 0 Å². The maximum absolute atomic E-state index is 14.1. The van der Waals surface area contributed by atoms with Crippen LogP contribution in [0, 0.1) is 0 Å². The second kappa shape index (κ2) is 13.0. The van der Waals surface area contributed by atoms with E-state index < -0.39 is 18.2 Å². The number of benzene rings is 3. The van der Waals surface area contributed by atoms with Crippen molar-refractivity contribution >= 4 is 23.4 Å². The molecule has 1 saturated heterocycles. The van der Waals surface area contributed by atoms with Gasteiger partial charge in [-0.25, -0.2) is 0 Å². The van der Waals surface area contributed by atoms with Gasteiger partial charge in [-0.3, -0.25) is 9.59 Å². The molecule has 4 rings (SSSR count). The van der Waals surface area contributed by atoms with Gasteiger partial charge in [0, 0.05) is 18.1 Å². The van der Waals surface area contributed by atoms with Gasteiger partial charge in [-0.2, -0.15) is 0 Å². The van der Waals surface area contributed by atoms with Crippen LogP contribution >= 0.6 is 11.6 Å². The van der Waals surface area contributed by atoms with Crippen LogP contribution in [0.15, 0.2) is 78.9 Å². The van der Waals surface area contributed by atoms with Gasteiger partial charge in [-0.1, -0.05) is 48.0 Å². The predicted molar refractivity (Wildman–Crippen MR) is 142 cm³/mol. The van der Waals surface area contributed by atoms with Crippen molar-refractivity contribution in [3.8, 4) is 17.2 Å². The number of hydrogen-bond acceptors (Lipinski definition) is 5. The van der Waals surface area contributed by atoms with Crippen LogP contribution in [-0.2, 0) is 16.1 Å². The molecule has 194 valence electrons. The number of hydrogen-bond donors (Lipinski definition) is 1. The first kappa shape index (κ1) is 26.4. The molecule has 2 atom stereocenters. The summed E-state index contributed by atoms with van der Waals surface area (Å²) in [6.07, 6.45) is 0.884. The maximum Gasteiger partial charge on any atom is 0.321 e. The Kier molecular flexibility index (Phi) is 9.27. The fourth-order valence-electron chi connectivity index (χ4n) is 4.16. The number of carbonyl (C=O) groups excluding carboxylic acids is 2. The van der Waals surface area contributed by atoms with Gasteiger partial charge < -0.3 is 24.4 Å². The van der Waals surface area contributed by atoms with E-state index in [1.54, 1.807) is 41.3 Å². The first-order valence-corrected chi connectivity index (χ1v) is 12.8. The summed E-state index contributed by atoms with van der Waals surface area (Å²) in [4.78, 5) is 28.7. The highest BCUT2D eigenvalue weighted by Crippen LogP contribution is 2.24. The quantitative estimate of drug-likeness (QED) is 0.369. The molecule has 0 radical (unpaired) electrons. The molecule has 3 aromatic carbocycles. The van der Waals surface area contributed by atoms with E-state index in [2.05, 4.69) is 5.32 Å². The van der Waals surface area contributed by atoms with Crippen LogP contribution < -0.4 is 19.5 Å². The first-order chi connectivity index (χ1) is 18.0. The molecular weight excluding hydrogens is 492 g/mol. The number of amides is 2. The number of carbonyl (C=O) groups is 2. The third-order valence-electron chi connectivity index (χ3n) is 5.98. The fraction of sp³-hybridized carbons (Fsp3) is 0.310. The molecule has 2 unspecified atom stereocenters. The van der Waals surface area contributed by atoms with E-state index in [4.69, 9.17) is 25.8 Å². The Hall–Kier alpha value is -3.71. The lowest BCUT2D eigenvalue weighted by atomic mass is 10.1. The Balaban J connectivity index is 1.66. The van der Waals surface area contributed by atoms with Crippen LogP contribution in [0.4, 0.5) is 0 Å². The lowest BCUT2D eigenvalue weighted by molar-refractivity contribution is -0.158. The molecule has 0 aromatic heterocycles. The third-order valence-corrected chi connectivity index (χ3v) is 6.22. The highest BCUT2D eigenvalue weighted by molar-refractivity contribution is 6.30. The van der Waals surface area contributed by atoms with E-state index in [0.717, 1.165) is 24.2 Å². The lowest BCUT2D eigenvalue weighted by Crippen LogP contribution is -2.53. The highest BCUT2D eigenvalue weighted by atomic mass is 35.5. The molecule has 0 saturated carbocycles. The van der Waals surface area contributed by atoms with Crippen molar-refractivity contribution in [2.45, 2.75) is 45.1 Å². The van der Waals surface area contributed by atoms with Gasteiger partial charge in [-0.05, 0) is 74.2 Å². The predicted octanol–water partition coefficient (Wildman–Crippen LogP) is 5.22. The number of halogens is 1. The summed E-state index contributed by atoms with van der Waals surface area (Å²) in [5, 5.41) is 3.41. The van der Waals surface area contributed by atoms with Crippen molar-refractivity contribution in [3.63, 3.8) is 0 Å². The largest absolute Gasteiger partial charge is 0.494 e. The average Bonchev–Trinajstić information content (AvgIpc) is 3.12. The van der Waals surface area contributed by atoms with Gasteiger partial charge in [0.2, 0.25) is 5.91 Å². The van der Waals surface area contributed by atoms with Crippen molar-refractivity contribution in [2.24, 2.45) is 0 Å². The van der Waals surface area contributed by atoms with E-state index in [9.17, 15) is 9.59 Å². The molecule has 1 aliphatic rings. The van der Waals surface area contributed by atoms with Gasteiger partial charge >= 0.3 is 12.2 Å². The van der Waals surface area contributed by atoms with Crippen molar-refractivity contribution in [1.82, 2.24) is 10.2 Å². The van der Waals surface area contributed by atoms with Crippen LogP contribution in [-0.4, -0.2) is 42.2 Å². The molecule has 1 heterocycles. The van der Waals surface area contributed by atoms with Gasteiger partial charge in [0.15, 0.2) is 0 Å². The molecule has 8 heteroatoms. The first-order valence-electron chi connectivity index (χ1n) is 12.5. The molecule has 7 nitrogen and oxygen atoms in total. The molecule has 1 aliphatic heterocycles. The summed E-state index contributed by atoms with van der Waals surface area (Å²) in [5.41, 5.74) is 0.857. The monoisotopic (exact) mass is 522 g/mol. The molecule has 3 aromatic rings. The number of para-hydroxylation sites is 1. The van der Waals surface area contributed by atoms with Crippen molar-refractivity contribution in [2.75, 3.05) is 13.2 Å². The van der Waals surface area contributed by atoms with Gasteiger partial charge in [-0.15, -0.1) is 0 Å². The number of ether oxygens (including phenoxy) is 3. The Bertz CT molecular complexity index is 1170. The minimum Gasteiger partial charge on any atom is -0.494 e. The summed E-state index contributed by atoms with van der Waals surface area (Å²) < 4.78 is 17.6. The van der Waals surface area contributed by atoms with Gasteiger partial charge in [0.1, 0.15) is 23.3 Å². The zero-order chi connectivity index (χ0) is 26.0. The lowest BCUT2D eigenvalue weighted by Gasteiger charge is -2.33. The summed E-state index contributed by atoms with van der Waals surface area (Å²) in [6, 6.07) is 22.6. The molecule has 0 spiro atoms. The molecule has 37 heavy (non-hydrogen) atoms. The van der Waals surface area contributed by atoms with Crippen molar-refractivity contribution in [3.05, 3.63) is 89.4 Å². The minimum atomic E-state index is -1.33. The summed E-state index contributed by atoms with van der Waals surface area (Å²) in [6.45, 7) is 3.28. The van der Waals surface area contributed by atoms with Gasteiger partial charge in [0.25, 0.3) is 0 Å². The van der Waals surface area contributed by atoms with E-state index in [1.807, 2.05) is 49.4 Å². The average molecular weight is 523 g/mol. The Morgan fingerprint density at radius 2 is 1.70 bits per heavy atom. The Morgan fingerprint density at radius 1 is 0.973 bits per heavy atom. The highest BCUT2D eigenvalue weighted by Gasteiger charge is 2.37. The zero-order valence-corrected chi connectivity index (χ0v) is 21.5. The molecular formula is C29H31ClN2O5. The summed E-state index contributed by atoms with van der Waals surface area (Å²) in [7, 11) is 0. The second-order valence-corrected chi connectivity index (χ2v) is 9.12. The normalized spacial score (nSPS) is 16.2. The van der Waals surface area contributed by atoms with Crippen LogP contribution in [0.3, 0.4) is 0 Å². The SMILES string of the molecule is CCOc1ccc(CN(C(=O)C(Oc2ccccc2)Oc2cccc(Cl)c2)C2CCCCNC2=O)cc1. The number of nitrogens with zero attached hydrogens (tertiary/aromatic N) is 1. The number of nitrogens with one attached hydrogen (secondary N) is 1.